The Hall–Kier alpha value is -3.38. The molecule has 3 aromatic heterocycles. The van der Waals surface area contributed by atoms with E-state index >= 15 is 0 Å². The summed E-state index contributed by atoms with van der Waals surface area (Å²) >= 11 is 0. The molecule has 0 spiro atoms. The van der Waals surface area contributed by atoms with Crippen molar-refractivity contribution in [2.24, 2.45) is 0 Å². The molecule has 5 heterocycles. The summed E-state index contributed by atoms with van der Waals surface area (Å²) < 4.78 is 5.64. The first kappa shape index (κ1) is 20.5. The normalized spacial score (nSPS) is 22.6. The Morgan fingerprint density at radius 2 is 2.06 bits per heavy atom. The Balaban J connectivity index is 1.44. The number of anilines is 3. The highest BCUT2D eigenvalue weighted by Crippen LogP contribution is 2.39. The van der Waals surface area contributed by atoms with E-state index in [1.165, 1.54) is 12.8 Å². The van der Waals surface area contributed by atoms with Gasteiger partial charge < -0.3 is 15.4 Å². The van der Waals surface area contributed by atoms with Gasteiger partial charge in [-0.2, -0.15) is 10.4 Å². The number of ether oxygens (including phenoxy) is 1. The fraction of sp³-hybridized carbons (Fsp3) is 0.478. The van der Waals surface area contributed by atoms with Crippen LogP contribution in [0.25, 0.3) is 10.9 Å². The van der Waals surface area contributed by atoms with E-state index in [2.05, 4.69) is 36.8 Å². The van der Waals surface area contributed by atoms with Crippen molar-refractivity contribution in [1.29, 1.82) is 5.26 Å². The van der Waals surface area contributed by atoms with Crippen LogP contribution < -0.4 is 15.4 Å². The first-order chi connectivity index (χ1) is 15.6. The second-order valence-electron chi connectivity index (χ2n) is 8.67. The number of pyridine rings is 2. The lowest BCUT2D eigenvalue weighted by molar-refractivity contribution is 0.136. The van der Waals surface area contributed by atoms with Crippen LogP contribution in [0.2, 0.25) is 0 Å². The quantitative estimate of drug-likeness (QED) is 0.517. The van der Waals surface area contributed by atoms with Crippen LogP contribution in [0.3, 0.4) is 0 Å². The third-order valence-corrected chi connectivity index (χ3v) is 6.57. The second kappa shape index (κ2) is 8.63. The first-order valence-corrected chi connectivity index (χ1v) is 11.2. The second-order valence-corrected chi connectivity index (χ2v) is 8.67. The summed E-state index contributed by atoms with van der Waals surface area (Å²) in [4.78, 5) is 12.0. The SMILES string of the molecule is COc1ccnc2cc(Nc3cc(C)[nH]n3)nc(NC3C[C@H]4CC[C@@H](C3)N4CCC#N)c12. The van der Waals surface area contributed by atoms with Crippen molar-refractivity contribution in [3.8, 4) is 11.8 Å². The summed E-state index contributed by atoms with van der Waals surface area (Å²) in [6.45, 7) is 2.84. The molecule has 0 saturated carbocycles. The van der Waals surface area contributed by atoms with Crippen LogP contribution in [0.4, 0.5) is 17.5 Å². The Morgan fingerprint density at radius 1 is 1.25 bits per heavy atom. The van der Waals surface area contributed by atoms with E-state index in [4.69, 9.17) is 15.0 Å². The summed E-state index contributed by atoms with van der Waals surface area (Å²) in [6, 6.07) is 9.38. The highest BCUT2D eigenvalue weighted by molar-refractivity contribution is 5.96. The van der Waals surface area contributed by atoms with Crippen LogP contribution in [-0.4, -0.2) is 56.8 Å². The van der Waals surface area contributed by atoms with Crippen molar-refractivity contribution in [3.05, 3.63) is 30.1 Å². The largest absolute Gasteiger partial charge is 0.496 e. The lowest BCUT2D eigenvalue weighted by Crippen LogP contribution is -2.47. The van der Waals surface area contributed by atoms with Crippen LogP contribution >= 0.6 is 0 Å². The zero-order valence-electron chi connectivity index (χ0n) is 18.4. The maximum absolute atomic E-state index is 8.99. The van der Waals surface area contributed by atoms with E-state index in [9.17, 15) is 0 Å². The summed E-state index contributed by atoms with van der Waals surface area (Å²) in [5.41, 5.74) is 1.79. The van der Waals surface area contributed by atoms with Gasteiger partial charge in [0.25, 0.3) is 0 Å². The average molecular weight is 433 g/mol. The number of hydrogen-bond donors (Lipinski definition) is 3. The number of rotatable bonds is 7. The van der Waals surface area contributed by atoms with Gasteiger partial charge in [-0.25, -0.2) is 4.98 Å². The lowest BCUT2D eigenvalue weighted by Gasteiger charge is -2.39. The minimum absolute atomic E-state index is 0.314. The maximum Gasteiger partial charge on any atom is 0.153 e. The molecule has 2 aliphatic heterocycles. The van der Waals surface area contributed by atoms with Gasteiger partial charge in [0, 0.05) is 55.1 Å². The van der Waals surface area contributed by atoms with E-state index in [0.29, 0.717) is 36.2 Å². The van der Waals surface area contributed by atoms with Crippen molar-refractivity contribution in [2.75, 3.05) is 24.3 Å². The van der Waals surface area contributed by atoms with Crippen LogP contribution in [-0.2, 0) is 0 Å². The number of fused-ring (bicyclic) bond motifs is 3. The third kappa shape index (κ3) is 3.94. The van der Waals surface area contributed by atoms with Crippen molar-refractivity contribution in [2.45, 2.75) is 57.2 Å². The van der Waals surface area contributed by atoms with Gasteiger partial charge in [0.15, 0.2) is 5.82 Å². The topological polar surface area (TPSA) is 115 Å². The van der Waals surface area contributed by atoms with E-state index in [1.807, 2.05) is 25.1 Å². The number of hydrogen-bond acceptors (Lipinski definition) is 8. The number of nitrogens with zero attached hydrogens (tertiary/aromatic N) is 5. The molecule has 0 aromatic carbocycles. The Bertz CT molecular complexity index is 1140. The van der Waals surface area contributed by atoms with E-state index in [1.54, 1.807) is 13.3 Å². The van der Waals surface area contributed by atoms with Crippen LogP contribution in [0.15, 0.2) is 24.4 Å². The van der Waals surface area contributed by atoms with Crippen LogP contribution in [0.1, 0.15) is 37.8 Å². The molecule has 0 radical (unpaired) electrons. The number of aromatic amines is 1. The van der Waals surface area contributed by atoms with E-state index < -0.39 is 0 Å². The number of methoxy groups -OCH3 is 1. The van der Waals surface area contributed by atoms with Crippen molar-refractivity contribution < 1.29 is 4.74 Å². The fourth-order valence-corrected chi connectivity index (χ4v) is 5.23. The molecule has 166 valence electrons. The molecule has 1 unspecified atom stereocenters. The predicted molar refractivity (Wildman–Crippen MR) is 123 cm³/mol. The summed E-state index contributed by atoms with van der Waals surface area (Å²) in [6.07, 6.45) is 6.84. The molecular weight excluding hydrogens is 404 g/mol. The van der Waals surface area contributed by atoms with Gasteiger partial charge >= 0.3 is 0 Å². The third-order valence-electron chi connectivity index (χ3n) is 6.57. The maximum atomic E-state index is 8.99. The molecular formula is C23H28N8O. The van der Waals surface area contributed by atoms with Gasteiger partial charge in [0.1, 0.15) is 17.4 Å². The van der Waals surface area contributed by atoms with E-state index in [-0.39, 0.29) is 0 Å². The molecule has 3 atom stereocenters. The minimum atomic E-state index is 0.314. The number of piperidine rings is 1. The molecule has 5 rings (SSSR count). The van der Waals surface area contributed by atoms with Gasteiger partial charge in [-0.3, -0.25) is 15.0 Å². The summed E-state index contributed by atoms with van der Waals surface area (Å²) in [5.74, 6) is 2.92. The van der Waals surface area contributed by atoms with Crippen LogP contribution in [0.5, 0.6) is 5.75 Å². The zero-order chi connectivity index (χ0) is 22.1. The number of H-pyrrole nitrogens is 1. The standard InChI is InChI=1S/C23H28N8O/c1-14-10-21(30-29-14)27-20-13-18-22(19(32-2)6-8-25-18)23(28-20)26-15-11-16-4-5-17(12-15)31(16)9-3-7-24/h6,8,10,13,15-17H,3-5,9,11-12H2,1-2H3,(H3,26,27,28,29,30)/t15?,16-,17+. The fourth-order valence-electron chi connectivity index (χ4n) is 5.23. The molecule has 9 nitrogen and oxygen atoms in total. The van der Waals surface area contributed by atoms with Crippen molar-refractivity contribution in [3.63, 3.8) is 0 Å². The predicted octanol–water partition coefficient (Wildman–Crippen LogP) is 3.73. The first-order valence-electron chi connectivity index (χ1n) is 11.2. The Labute approximate surface area is 187 Å². The van der Waals surface area contributed by atoms with Crippen molar-refractivity contribution >= 4 is 28.4 Å². The van der Waals surface area contributed by atoms with Gasteiger partial charge in [-0.05, 0) is 38.7 Å². The molecule has 0 amide bonds. The molecule has 0 aliphatic carbocycles. The number of nitriles is 1. The van der Waals surface area contributed by atoms with Gasteiger partial charge in [-0.1, -0.05) is 0 Å². The summed E-state index contributed by atoms with van der Waals surface area (Å²) in [5, 5.41) is 24.1. The van der Waals surface area contributed by atoms with E-state index in [0.717, 1.165) is 47.6 Å². The molecule has 32 heavy (non-hydrogen) atoms. The highest BCUT2D eigenvalue weighted by Gasteiger charge is 2.40. The zero-order valence-corrected chi connectivity index (χ0v) is 18.4. The minimum Gasteiger partial charge on any atom is -0.496 e. The molecule has 3 aromatic rings. The van der Waals surface area contributed by atoms with Gasteiger partial charge in [0.2, 0.25) is 0 Å². The van der Waals surface area contributed by atoms with Crippen LogP contribution in [0, 0.1) is 18.3 Å². The molecule has 3 N–H and O–H groups in total. The molecule has 2 bridgehead atoms. The molecule has 9 heteroatoms. The molecule has 2 aliphatic rings. The monoisotopic (exact) mass is 432 g/mol. The number of aromatic nitrogens is 4. The Morgan fingerprint density at radius 3 is 2.75 bits per heavy atom. The molecule has 2 saturated heterocycles. The van der Waals surface area contributed by atoms with Gasteiger partial charge in [0.05, 0.1) is 24.1 Å². The Kier molecular flexibility index (Phi) is 5.53. The average Bonchev–Trinajstić information content (AvgIpc) is 3.30. The van der Waals surface area contributed by atoms with Crippen molar-refractivity contribution in [1.82, 2.24) is 25.1 Å². The smallest absolute Gasteiger partial charge is 0.153 e. The number of aryl methyl sites for hydroxylation is 1. The molecule has 2 fully saturated rings. The highest BCUT2D eigenvalue weighted by atomic mass is 16.5. The number of nitrogens with one attached hydrogen (secondary N) is 3. The summed E-state index contributed by atoms with van der Waals surface area (Å²) in [7, 11) is 1.67. The van der Waals surface area contributed by atoms with Gasteiger partial charge in [-0.15, -0.1) is 0 Å². The lowest BCUT2D eigenvalue weighted by atomic mass is 9.97.